The Morgan fingerprint density at radius 3 is 2.73 bits per heavy atom. The first-order valence-electron chi connectivity index (χ1n) is 4.98. The highest BCUT2D eigenvalue weighted by molar-refractivity contribution is 8.14. The highest BCUT2D eigenvalue weighted by atomic mass is 32.2. The molecule has 1 aliphatic heterocycles. The van der Waals surface area contributed by atoms with Gasteiger partial charge in [0.15, 0.2) is 5.17 Å². The zero-order valence-electron chi connectivity index (χ0n) is 9.41. The van der Waals surface area contributed by atoms with Crippen LogP contribution < -0.4 is 5.32 Å². The number of amidine groups is 1. The molecule has 0 aromatic rings. The zero-order valence-corrected chi connectivity index (χ0v) is 11.0. The highest BCUT2D eigenvalue weighted by Crippen LogP contribution is 2.25. The molecular formula is C9H18N2O2S2. The van der Waals surface area contributed by atoms with Crippen molar-refractivity contribution in [3.05, 3.63) is 0 Å². The van der Waals surface area contributed by atoms with Crippen LogP contribution >= 0.6 is 11.8 Å². The largest absolute Gasteiger partial charge is 0.359 e. The number of rotatable bonds is 4. The second kappa shape index (κ2) is 4.74. The van der Waals surface area contributed by atoms with Crippen molar-refractivity contribution in [2.24, 2.45) is 4.99 Å². The maximum atomic E-state index is 10.9. The van der Waals surface area contributed by atoms with Gasteiger partial charge in [-0.25, -0.2) is 8.42 Å². The van der Waals surface area contributed by atoms with Crippen molar-refractivity contribution < 1.29 is 8.42 Å². The molecule has 1 N–H and O–H groups in total. The molecule has 0 amide bonds. The first-order valence-corrected chi connectivity index (χ1v) is 8.02. The molecular weight excluding hydrogens is 232 g/mol. The molecule has 0 radical (unpaired) electrons. The SMILES string of the molecule is CCC1(C)CSC(=NCCS(C)(=O)=O)N1. The number of nitrogens with zero attached hydrogens (tertiary/aromatic N) is 1. The minimum absolute atomic E-state index is 0.120. The average molecular weight is 250 g/mol. The molecule has 1 saturated heterocycles. The van der Waals surface area contributed by atoms with Crippen LogP contribution in [0.15, 0.2) is 4.99 Å². The minimum Gasteiger partial charge on any atom is -0.359 e. The lowest BCUT2D eigenvalue weighted by Gasteiger charge is -2.20. The summed E-state index contributed by atoms with van der Waals surface area (Å²) in [7, 11) is -2.89. The Kier molecular flexibility index (Phi) is 4.06. The van der Waals surface area contributed by atoms with Gasteiger partial charge in [-0.2, -0.15) is 0 Å². The molecule has 88 valence electrons. The van der Waals surface area contributed by atoms with Crippen molar-refractivity contribution in [1.82, 2.24) is 5.32 Å². The fourth-order valence-electron chi connectivity index (χ4n) is 1.15. The van der Waals surface area contributed by atoms with Crippen molar-refractivity contribution in [2.75, 3.05) is 24.3 Å². The number of thioether (sulfide) groups is 1. The molecule has 0 aromatic carbocycles. The van der Waals surface area contributed by atoms with Crippen LogP contribution in [-0.4, -0.2) is 43.4 Å². The van der Waals surface area contributed by atoms with E-state index < -0.39 is 9.84 Å². The normalized spacial score (nSPS) is 29.4. The molecule has 0 aromatic heterocycles. The fraction of sp³-hybridized carbons (Fsp3) is 0.889. The predicted molar refractivity (Wildman–Crippen MR) is 66.3 cm³/mol. The summed E-state index contributed by atoms with van der Waals surface area (Å²) >= 11 is 1.67. The molecule has 1 aliphatic rings. The second-order valence-electron chi connectivity index (χ2n) is 4.14. The Labute approximate surface area is 95.8 Å². The molecule has 6 heteroatoms. The monoisotopic (exact) mass is 250 g/mol. The molecule has 0 saturated carbocycles. The van der Waals surface area contributed by atoms with Gasteiger partial charge in [0.25, 0.3) is 0 Å². The van der Waals surface area contributed by atoms with Gasteiger partial charge in [-0.15, -0.1) is 0 Å². The summed E-state index contributed by atoms with van der Waals surface area (Å²) < 4.78 is 21.8. The maximum absolute atomic E-state index is 10.9. The van der Waals surface area contributed by atoms with Gasteiger partial charge in [-0.3, -0.25) is 4.99 Å². The van der Waals surface area contributed by atoms with E-state index in [9.17, 15) is 8.42 Å². The van der Waals surface area contributed by atoms with E-state index in [1.165, 1.54) is 6.26 Å². The van der Waals surface area contributed by atoms with Gasteiger partial charge in [0.1, 0.15) is 9.84 Å². The van der Waals surface area contributed by atoms with E-state index in [4.69, 9.17) is 0 Å². The van der Waals surface area contributed by atoms with E-state index in [0.29, 0.717) is 6.54 Å². The lowest BCUT2D eigenvalue weighted by molar-refractivity contribution is 0.466. The van der Waals surface area contributed by atoms with Gasteiger partial charge < -0.3 is 5.32 Å². The number of sulfone groups is 1. The summed E-state index contributed by atoms with van der Waals surface area (Å²) in [5.74, 6) is 1.13. The molecule has 0 spiro atoms. The number of hydrogen-bond acceptors (Lipinski definition) is 4. The number of hydrogen-bond donors (Lipinski definition) is 1. The summed E-state index contributed by atoms with van der Waals surface area (Å²) in [4.78, 5) is 4.24. The van der Waals surface area contributed by atoms with Crippen LogP contribution in [0.25, 0.3) is 0 Å². The summed E-state index contributed by atoms with van der Waals surface area (Å²) in [5.41, 5.74) is 0.120. The number of nitrogens with one attached hydrogen (secondary N) is 1. The van der Waals surface area contributed by atoms with Gasteiger partial charge in [-0.1, -0.05) is 18.7 Å². The van der Waals surface area contributed by atoms with Crippen LogP contribution in [0, 0.1) is 0 Å². The Morgan fingerprint density at radius 1 is 1.60 bits per heavy atom. The molecule has 15 heavy (non-hydrogen) atoms. The van der Waals surface area contributed by atoms with Crippen LogP contribution in [0.3, 0.4) is 0 Å². The first kappa shape index (κ1) is 12.8. The van der Waals surface area contributed by atoms with Gasteiger partial charge in [0, 0.05) is 17.5 Å². The lowest BCUT2D eigenvalue weighted by atomic mass is 10.0. The molecule has 1 fully saturated rings. The fourth-order valence-corrected chi connectivity index (χ4v) is 2.80. The van der Waals surface area contributed by atoms with Crippen molar-refractivity contribution in [2.45, 2.75) is 25.8 Å². The summed E-state index contributed by atoms with van der Waals surface area (Å²) in [6, 6.07) is 0. The van der Waals surface area contributed by atoms with Crippen LogP contribution in [0.1, 0.15) is 20.3 Å². The molecule has 1 unspecified atom stereocenters. The zero-order chi connectivity index (χ0) is 11.5. The maximum Gasteiger partial charge on any atom is 0.157 e. The van der Waals surface area contributed by atoms with Crippen LogP contribution in [0.5, 0.6) is 0 Å². The lowest BCUT2D eigenvalue weighted by Crippen LogP contribution is -2.39. The standard InChI is InChI=1S/C9H18N2O2S2/c1-4-9(2)7-14-8(11-9)10-5-6-15(3,12)13/h4-7H2,1-3H3,(H,10,11). The molecule has 1 atom stereocenters. The van der Waals surface area contributed by atoms with E-state index in [-0.39, 0.29) is 11.3 Å². The smallest absolute Gasteiger partial charge is 0.157 e. The van der Waals surface area contributed by atoms with E-state index in [2.05, 4.69) is 24.2 Å². The van der Waals surface area contributed by atoms with Crippen LogP contribution in [-0.2, 0) is 9.84 Å². The summed E-state index contributed by atoms with van der Waals surface area (Å²) in [5, 5.41) is 4.20. The molecule has 4 nitrogen and oxygen atoms in total. The van der Waals surface area contributed by atoms with E-state index >= 15 is 0 Å². The third kappa shape index (κ3) is 4.42. The third-order valence-electron chi connectivity index (χ3n) is 2.43. The molecule has 0 aliphatic carbocycles. The first-order chi connectivity index (χ1) is 6.85. The van der Waals surface area contributed by atoms with Crippen molar-refractivity contribution in [3.63, 3.8) is 0 Å². The molecule has 1 rings (SSSR count). The topological polar surface area (TPSA) is 58.5 Å². The van der Waals surface area contributed by atoms with E-state index in [0.717, 1.165) is 17.3 Å². The van der Waals surface area contributed by atoms with Gasteiger partial charge in [0.05, 0.1) is 12.3 Å². The predicted octanol–water partition coefficient (Wildman–Crippen LogP) is 0.892. The Bertz CT molecular complexity index is 351. The van der Waals surface area contributed by atoms with Gasteiger partial charge in [0.2, 0.25) is 0 Å². The molecule has 1 heterocycles. The average Bonchev–Trinajstić information content (AvgIpc) is 2.47. The van der Waals surface area contributed by atoms with Crippen molar-refractivity contribution in [3.8, 4) is 0 Å². The highest BCUT2D eigenvalue weighted by Gasteiger charge is 2.30. The van der Waals surface area contributed by atoms with Crippen molar-refractivity contribution in [1.29, 1.82) is 0 Å². The van der Waals surface area contributed by atoms with E-state index in [1.54, 1.807) is 11.8 Å². The summed E-state index contributed by atoms with van der Waals surface area (Å²) in [6.45, 7) is 4.64. The minimum atomic E-state index is -2.89. The third-order valence-corrected chi connectivity index (χ3v) is 4.64. The second-order valence-corrected chi connectivity index (χ2v) is 7.37. The quantitative estimate of drug-likeness (QED) is 0.805. The Balaban J connectivity index is 2.44. The number of aliphatic imine (C=N–C) groups is 1. The van der Waals surface area contributed by atoms with Gasteiger partial charge >= 0.3 is 0 Å². The van der Waals surface area contributed by atoms with Crippen molar-refractivity contribution >= 4 is 26.8 Å². The van der Waals surface area contributed by atoms with Crippen LogP contribution in [0.2, 0.25) is 0 Å². The van der Waals surface area contributed by atoms with E-state index in [1.807, 2.05) is 0 Å². The molecule has 0 bridgehead atoms. The Hall–Kier alpha value is -0.230. The van der Waals surface area contributed by atoms with Gasteiger partial charge in [-0.05, 0) is 13.3 Å². The Morgan fingerprint density at radius 2 is 2.27 bits per heavy atom. The van der Waals surface area contributed by atoms with Crippen LogP contribution in [0.4, 0.5) is 0 Å². The summed E-state index contributed by atoms with van der Waals surface area (Å²) in [6.07, 6.45) is 2.28.